The zero-order valence-electron chi connectivity index (χ0n) is 6.66. The summed E-state index contributed by atoms with van der Waals surface area (Å²) in [4.78, 5) is 2.23. The standard InChI is InChI=1S/C8H15NO2/c10-6-8(11)5-9-3-1-7(8)2-4-9/h7,10-11H,1-6H2. The SMILES string of the molecule is OCC1(O)CN2CCC1CC2. The fraction of sp³-hybridized carbons (Fsp3) is 1.00. The number of hydrogen-bond acceptors (Lipinski definition) is 3. The first kappa shape index (κ1) is 7.53. The Kier molecular flexibility index (Phi) is 1.67. The van der Waals surface area contributed by atoms with Gasteiger partial charge in [-0.05, 0) is 31.8 Å². The molecule has 11 heavy (non-hydrogen) atoms. The molecule has 0 aromatic heterocycles. The van der Waals surface area contributed by atoms with Crippen LogP contribution in [0.1, 0.15) is 12.8 Å². The average Bonchev–Trinajstić information content (AvgIpc) is 2.06. The van der Waals surface area contributed by atoms with Gasteiger partial charge in [0, 0.05) is 6.54 Å². The molecule has 0 spiro atoms. The largest absolute Gasteiger partial charge is 0.393 e. The van der Waals surface area contributed by atoms with Crippen LogP contribution in [0.4, 0.5) is 0 Å². The van der Waals surface area contributed by atoms with Crippen molar-refractivity contribution in [3.8, 4) is 0 Å². The summed E-state index contributed by atoms with van der Waals surface area (Å²) < 4.78 is 0. The summed E-state index contributed by atoms with van der Waals surface area (Å²) >= 11 is 0. The van der Waals surface area contributed by atoms with Gasteiger partial charge < -0.3 is 15.1 Å². The molecule has 0 amide bonds. The van der Waals surface area contributed by atoms with E-state index in [1.807, 2.05) is 0 Å². The van der Waals surface area contributed by atoms with Crippen LogP contribution in [0.25, 0.3) is 0 Å². The molecule has 2 bridgehead atoms. The molecule has 3 fully saturated rings. The molecule has 0 saturated carbocycles. The van der Waals surface area contributed by atoms with Crippen molar-refractivity contribution in [3.63, 3.8) is 0 Å². The summed E-state index contributed by atoms with van der Waals surface area (Å²) in [7, 11) is 0. The number of fused-ring (bicyclic) bond motifs is 3. The van der Waals surface area contributed by atoms with E-state index in [2.05, 4.69) is 4.90 Å². The van der Waals surface area contributed by atoms with Crippen molar-refractivity contribution in [1.82, 2.24) is 4.90 Å². The minimum Gasteiger partial charge on any atom is -0.393 e. The van der Waals surface area contributed by atoms with E-state index in [1.165, 1.54) is 0 Å². The summed E-state index contributed by atoms with van der Waals surface area (Å²) in [6.45, 7) is 2.81. The van der Waals surface area contributed by atoms with Gasteiger partial charge in [-0.15, -0.1) is 0 Å². The Hall–Kier alpha value is -0.120. The molecule has 64 valence electrons. The zero-order chi connectivity index (χ0) is 7.90. The van der Waals surface area contributed by atoms with Crippen molar-refractivity contribution < 1.29 is 10.2 Å². The van der Waals surface area contributed by atoms with Gasteiger partial charge in [0.25, 0.3) is 0 Å². The first-order valence-electron chi connectivity index (χ1n) is 4.30. The zero-order valence-corrected chi connectivity index (χ0v) is 6.66. The molecule has 3 saturated heterocycles. The van der Waals surface area contributed by atoms with Crippen LogP contribution in [0.2, 0.25) is 0 Å². The van der Waals surface area contributed by atoms with Gasteiger partial charge in [0.1, 0.15) is 5.60 Å². The molecule has 0 radical (unpaired) electrons. The normalized spacial score (nSPS) is 49.6. The lowest BCUT2D eigenvalue weighted by Crippen LogP contribution is -2.60. The van der Waals surface area contributed by atoms with E-state index in [0.717, 1.165) is 25.9 Å². The van der Waals surface area contributed by atoms with Gasteiger partial charge in [0.2, 0.25) is 0 Å². The molecule has 0 aromatic rings. The maximum Gasteiger partial charge on any atom is 0.103 e. The van der Waals surface area contributed by atoms with Gasteiger partial charge in [0.05, 0.1) is 6.61 Å². The van der Waals surface area contributed by atoms with E-state index < -0.39 is 5.60 Å². The number of aliphatic hydroxyl groups is 2. The van der Waals surface area contributed by atoms with Crippen LogP contribution in [0.5, 0.6) is 0 Å². The monoisotopic (exact) mass is 157 g/mol. The third-order valence-electron chi connectivity index (χ3n) is 3.12. The maximum atomic E-state index is 9.88. The molecule has 3 nitrogen and oxygen atoms in total. The second-order valence-electron chi connectivity index (χ2n) is 3.81. The Balaban J connectivity index is 2.13. The fourth-order valence-corrected chi connectivity index (χ4v) is 2.32. The molecule has 3 heterocycles. The molecule has 2 N–H and O–H groups in total. The second-order valence-corrected chi connectivity index (χ2v) is 3.81. The molecule has 3 heteroatoms. The molecule has 3 rings (SSSR count). The average molecular weight is 157 g/mol. The highest BCUT2D eigenvalue weighted by atomic mass is 16.3. The van der Waals surface area contributed by atoms with Crippen molar-refractivity contribution >= 4 is 0 Å². The summed E-state index contributed by atoms with van der Waals surface area (Å²) in [6, 6.07) is 0. The van der Waals surface area contributed by atoms with Crippen LogP contribution in [0.15, 0.2) is 0 Å². The topological polar surface area (TPSA) is 43.7 Å². The van der Waals surface area contributed by atoms with Crippen LogP contribution < -0.4 is 0 Å². The Morgan fingerprint density at radius 2 is 2.00 bits per heavy atom. The van der Waals surface area contributed by atoms with E-state index in [0.29, 0.717) is 12.5 Å². The van der Waals surface area contributed by atoms with Gasteiger partial charge >= 0.3 is 0 Å². The van der Waals surface area contributed by atoms with Crippen molar-refractivity contribution in [2.75, 3.05) is 26.2 Å². The number of nitrogens with zero attached hydrogens (tertiary/aromatic N) is 1. The first-order chi connectivity index (χ1) is 5.24. The third-order valence-corrected chi connectivity index (χ3v) is 3.12. The smallest absolute Gasteiger partial charge is 0.103 e. The minimum atomic E-state index is -0.781. The van der Waals surface area contributed by atoms with E-state index in [1.54, 1.807) is 0 Å². The number of aliphatic hydroxyl groups excluding tert-OH is 1. The van der Waals surface area contributed by atoms with Crippen molar-refractivity contribution in [2.45, 2.75) is 18.4 Å². The number of piperidine rings is 3. The highest BCUT2D eigenvalue weighted by Gasteiger charge is 2.44. The van der Waals surface area contributed by atoms with Gasteiger partial charge in [-0.3, -0.25) is 0 Å². The lowest BCUT2D eigenvalue weighted by molar-refractivity contribution is -0.136. The summed E-state index contributed by atoms with van der Waals surface area (Å²) in [5, 5.41) is 18.9. The minimum absolute atomic E-state index is 0.0752. The van der Waals surface area contributed by atoms with Crippen molar-refractivity contribution in [1.29, 1.82) is 0 Å². The Labute approximate surface area is 66.6 Å². The molecule has 1 atom stereocenters. The van der Waals surface area contributed by atoms with Crippen molar-refractivity contribution in [3.05, 3.63) is 0 Å². The molecule has 0 aromatic carbocycles. The Morgan fingerprint density at radius 1 is 1.36 bits per heavy atom. The van der Waals surface area contributed by atoms with Gasteiger partial charge in [0.15, 0.2) is 0 Å². The predicted octanol–water partition coefficient (Wildman–Crippen LogP) is -0.565. The fourth-order valence-electron chi connectivity index (χ4n) is 2.32. The number of rotatable bonds is 1. The Bertz CT molecular complexity index is 154. The molecule has 3 aliphatic heterocycles. The molecule has 1 unspecified atom stereocenters. The summed E-state index contributed by atoms with van der Waals surface area (Å²) in [5.41, 5.74) is -0.781. The molecule has 3 aliphatic rings. The predicted molar refractivity (Wildman–Crippen MR) is 41.2 cm³/mol. The van der Waals surface area contributed by atoms with E-state index in [-0.39, 0.29) is 6.61 Å². The van der Waals surface area contributed by atoms with Gasteiger partial charge in [-0.25, -0.2) is 0 Å². The van der Waals surface area contributed by atoms with Gasteiger partial charge in [-0.2, -0.15) is 0 Å². The van der Waals surface area contributed by atoms with Crippen molar-refractivity contribution in [2.24, 2.45) is 5.92 Å². The lowest BCUT2D eigenvalue weighted by Gasteiger charge is -2.49. The van der Waals surface area contributed by atoms with Crippen LogP contribution >= 0.6 is 0 Å². The van der Waals surface area contributed by atoms with Crippen LogP contribution in [-0.4, -0.2) is 47.0 Å². The maximum absolute atomic E-state index is 9.88. The Morgan fingerprint density at radius 3 is 2.27 bits per heavy atom. The third kappa shape index (κ3) is 1.08. The van der Waals surface area contributed by atoms with E-state index in [9.17, 15) is 5.11 Å². The molecular weight excluding hydrogens is 142 g/mol. The van der Waals surface area contributed by atoms with Gasteiger partial charge in [-0.1, -0.05) is 0 Å². The molecular formula is C8H15NO2. The van der Waals surface area contributed by atoms with Crippen LogP contribution in [0, 0.1) is 5.92 Å². The first-order valence-corrected chi connectivity index (χ1v) is 4.30. The van der Waals surface area contributed by atoms with Crippen LogP contribution in [0.3, 0.4) is 0 Å². The number of hydrogen-bond donors (Lipinski definition) is 2. The second kappa shape index (κ2) is 2.44. The highest BCUT2D eigenvalue weighted by Crippen LogP contribution is 2.34. The molecule has 0 aliphatic carbocycles. The highest BCUT2D eigenvalue weighted by molar-refractivity contribution is 4.97. The summed E-state index contributed by atoms with van der Waals surface area (Å²) in [5.74, 6) is 0.345. The van der Waals surface area contributed by atoms with Crippen LogP contribution in [-0.2, 0) is 0 Å². The lowest BCUT2D eigenvalue weighted by atomic mass is 9.76. The summed E-state index contributed by atoms with van der Waals surface area (Å²) in [6.07, 6.45) is 2.11. The quantitative estimate of drug-likeness (QED) is 0.536. The van der Waals surface area contributed by atoms with E-state index in [4.69, 9.17) is 5.11 Å². The van der Waals surface area contributed by atoms with E-state index >= 15 is 0 Å².